The van der Waals surface area contributed by atoms with Crippen molar-refractivity contribution >= 4 is 5.91 Å². The lowest BCUT2D eigenvalue weighted by molar-refractivity contribution is -0.0754. The van der Waals surface area contributed by atoms with Crippen molar-refractivity contribution in [2.75, 3.05) is 40.0 Å². The summed E-state index contributed by atoms with van der Waals surface area (Å²) < 4.78 is 22.8. The summed E-state index contributed by atoms with van der Waals surface area (Å²) in [6.07, 6.45) is 1.87. The quantitative estimate of drug-likeness (QED) is 0.826. The minimum absolute atomic E-state index is 0.0539. The number of carbonyl (C=O) groups is 1. The Labute approximate surface area is 135 Å². The van der Waals surface area contributed by atoms with E-state index >= 15 is 0 Å². The number of hydrogen-bond donors (Lipinski definition) is 0. The SMILES string of the molecule is CO[C@H]1CN(C(=O)c2cccc3c2OCCO3)C[C@@]12CCCO2. The van der Waals surface area contributed by atoms with Crippen LogP contribution in [0.4, 0.5) is 0 Å². The highest BCUT2D eigenvalue weighted by Gasteiger charge is 2.51. The van der Waals surface area contributed by atoms with E-state index in [1.165, 1.54) is 0 Å². The number of likely N-dealkylation sites (tertiary alicyclic amines) is 1. The average Bonchev–Trinajstić information content (AvgIpc) is 3.21. The van der Waals surface area contributed by atoms with Gasteiger partial charge in [0.05, 0.1) is 18.7 Å². The summed E-state index contributed by atoms with van der Waals surface area (Å²) in [4.78, 5) is 14.8. The molecule has 6 heteroatoms. The van der Waals surface area contributed by atoms with E-state index in [2.05, 4.69) is 0 Å². The molecule has 0 radical (unpaired) electrons. The molecule has 6 nitrogen and oxygen atoms in total. The van der Waals surface area contributed by atoms with Gasteiger partial charge >= 0.3 is 0 Å². The molecule has 1 aromatic carbocycles. The van der Waals surface area contributed by atoms with Crippen LogP contribution in [-0.4, -0.2) is 62.5 Å². The summed E-state index contributed by atoms with van der Waals surface area (Å²) in [6, 6.07) is 5.44. The molecule has 1 amide bonds. The van der Waals surface area contributed by atoms with Crippen LogP contribution in [0.1, 0.15) is 23.2 Å². The third-order valence-electron chi connectivity index (χ3n) is 4.93. The fourth-order valence-corrected chi connectivity index (χ4v) is 3.81. The number of amides is 1. The zero-order valence-electron chi connectivity index (χ0n) is 13.2. The molecular formula is C17H21NO5. The summed E-state index contributed by atoms with van der Waals surface area (Å²) in [6.45, 7) is 2.82. The van der Waals surface area contributed by atoms with Crippen LogP contribution in [0.3, 0.4) is 0 Å². The first-order valence-electron chi connectivity index (χ1n) is 8.08. The van der Waals surface area contributed by atoms with Gasteiger partial charge in [-0.3, -0.25) is 4.79 Å². The van der Waals surface area contributed by atoms with Gasteiger partial charge < -0.3 is 23.8 Å². The smallest absolute Gasteiger partial charge is 0.257 e. The Balaban J connectivity index is 1.61. The molecule has 0 N–H and O–H groups in total. The zero-order chi connectivity index (χ0) is 15.9. The summed E-state index contributed by atoms with van der Waals surface area (Å²) >= 11 is 0. The van der Waals surface area contributed by atoms with Gasteiger partial charge in [0.1, 0.15) is 24.9 Å². The van der Waals surface area contributed by atoms with E-state index in [0.29, 0.717) is 43.4 Å². The summed E-state index contributed by atoms with van der Waals surface area (Å²) in [7, 11) is 1.68. The van der Waals surface area contributed by atoms with Crippen LogP contribution in [0.15, 0.2) is 18.2 Å². The predicted octanol–water partition coefficient (Wildman–Crippen LogP) is 1.48. The topological polar surface area (TPSA) is 57.2 Å². The van der Waals surface area contributed by atoms with Crippen LogP contribution in [0.2, 0.25) is 0 Å². The van der Waals surface area contributed by atoms with E-state index in [9.17, 15) is 4.79 Å². The molecule has 3 aliphatic heterocycles. The fraction of sp³-hybridized carbons (Fsp3) is 0.588. The molecule has 1 aromatic rings. The molecule has 0 unspecified atom stereocenters. The van der Waals surface area contributed by atoms with E-state index in [0.717, 1.165) is 19.4 Å². The number of benzene rings is 1. The van der Waals surface area contributed by atoms with Crippen LogP contribution in [0.25, 0.3) is 0 Å². The number of hydrogen-bond acceptors (Lipinski definition) is 5. The lowest BCUT2D eigenvalue weighted by Crippen LogP contribution is -2.42. The highest BCUT2D eigenvalue weighted by molar-refractivity contribution is 5.98. The summed E-state index contributed by atoms with van der Waals surface area (Å²) in [5.41, 5.74) is 0.198. The van der Waals surface area contributed by atoms with Gasteiger partial charge in [-0.2, -0.15) is 0 Å². The molecule has 2 atom stereocenters. The van der Waals surface area contributed by atoms with Crippen LogP contribution < -0.4 is 9.47 Å². The lowest BCUT2D eigenvalue weighted by Gasteiger charge is -2.27. The molecule has 0 aromatic heterocycles. The van der Waals surface area contributed by atoms with Crippen LogP contribution in [-0.2, 0) is 9.47 Å². The maximum atomic E-state index is 13.0. The Hall–Kier alpha value is -1.79. The third kappa shape index (κ3) is 2.37. The van der Waals surface area contributed by atoms with Crippen molar-refractivity contribution in [2.24, 2.45) is 0 Å². The number of para-hydroxylation sites is 1. The molecule has 0 bridgehead atoms. The summed E-state index contributed by atoms with van der Waals surface area (Å²) in [5.74, 6) is 1.13. The highest BCUT2D eigenvalue weighted by atomic mass is 16.6. The highest BCUT2D eigenvalue weighted by Crippen LogP contribution is 2.39. The van der Waals surface area contributed by atoms with E-state index in [1.54, 1.807) is 13.2 Å². The largest absolute Gasteiger partial charge is 0.486 e. The summed E-state index contributed by atoms with van der Waals surface area (Å²) in [5, 5.41) is 0. The minimum atomic E-state index is -0.351. The van der Waals surface area contributed by atoms with Gasteiger partial charge in [-0.15, -0.1) is 0 Å². The molecule has 1 spiro atoms. The molecule has 23 heavy (non-hydrogen) atoms. The minimum Gasteiger partial charge on any atom is -0.486 e. The monoisotopic (exact) mass is 319 g/mol. The predicted molar refractivity (Wildman–Crippen MR) is 82.0 cm³/mol. The Kier molecular flexibility index (Phi) is 3.66. The van der Waals surface area contributed by atoms with Gasteiger partial charge in [0, 0.05) is 13.7 Å². The van der Waals surface area contributed by atoms with E-state index in [4.69, 9.17) is 18.9 Å². The van der Waals surface area contributed by atoms with Crippen molar-refractivity contribution in [3.05, 3.63) is 23.8 Å². The van der Waals surface area contributed by atoms with Gasteiger partial charge in [-0.1, -0.05) is 6.07 Å². The molecular weight excluding hydrogens is 298 g/mol. The van der Waals surface area contributed by atoms with Gasteiger partial charge in [0.15, 0.2) is 11.5 Å². The van der Waals surface area contributed by atoms with Gasteiger partial charge in [0.2, 0.25) is 0 Å². The van der Waals surface area contributed by atoms with Crippen LogP contribution in [0, 0.1) is 0 Å². The third-order valence-corrected chi connectivity index (χ3v) is 4.93. The van der Waals surface area contributed by atoms with Crippen molar-refractivity contribution in [2.45, 2.75) is 24.5 Å². The molecule has 3 aliphatic rings. The molecule has 0 saturated carbocycles. The number of rotatable bonds is 2. The second-order valence-corrected chi connectivity index (χ2v) is 6.26. The zero-order valence-corrected chi connectivity index (χ0v) is 13.2. The van der Waals surface area contributed by atoms with Crippen LogP contribution in [0.5, 0.6) is 11.5 Å². The number of fused-ring (bicyclic) bond motifs is 1. The second kappa shape index (κ2) is 5.69. The maximum absolute atomic E-state index is 13.0. The van der Waals surface area contributed by atoms with E-state index in [-0.39, 0.29) is 17.6 Å². The molecule has 3 heterocycles. The first-order chi connectivity index (χ1) is 11.2. The number of nitrogens with zero attached hydrogens (tertiary/aromatic N) is 1. The normalized spacial score (nSPS) is 29.3. The maximum Gasteiger partial charge on any atom is 0.257 e. The first-order valence-corrected chi connectivity index (χ1v) is 8.08. The van der Waals surface area contributed by atoms with Crippen molar-refractivity contribution in [1.82, 2.24) is 4.90 Å². The number of ether oxygens (including phenoxy) is 4. The lowest BCUT2D eigenvalue weighted by atomic mass is 9.96. The average molecular weight is 319 g/mol. The van der Waals surface area contributed by atoms with Crippen molar-refractivity contribution < 1.29 is 23.7 Å². The number of carbonyl (C=O) groups excluding carboxylic acids is 1. The van der Waals surface area contributed by atoms with Crippen molar-refractivity contribution in [1.29, 1.82) is 0 Å². The van der Waals surface area contributed by atoms with Crippen LogP contribution >= 0.6 is 0 Å². The first kappa shape index (κ1) is 14.8. The molecule has 0 aliphatic carbocycles. The molecule has 124 valence electrons. The van der Waals surface area contributed by atoms with Crippen molar-refractivity contribution in [3.8, 4) is 11.5 Å². The fourth-order valence-electron chi connectivity index (χ4n) is 3.81. The van der Waals surface area contributed by atoms with E-state index < -0.39 is 0 Å². The Morgan fingerprint density at radius 2 is 2.17 bits per heavy atom. The standard InChI is InChI=1S/C17H21NO5/c1-20-14-10-18(11-17(14)6-3-7-23-17)16(19)12-4-2-5-13-15(12)22-9-8-21-13/h2,4-5,14H,3,6-11H2,1H3/t14-,17-/m0/s1. The molecule has 4 rings (SSSR count). The Bertz CT molecular complexity index is 611. The molecule has 2 saturated heterocycles. The molecule has 2 fully saturated rings. The Morgan fingerprint density at radius 3 is 2.96 bits per heavy atom. The second-order valence-electron chi connectivity index (χ2n) is 6.26. The number of methoxy groups -OCH3 is 1. The van der Waals surface area contributed by atoms with Crippen molar-refractivity contribution in [3.63, 3.8) is 0 Å². The van der Waals surface area contributed by atoms with Gasteiger partial charge in [0.25, 0.3) is 5.91 Å². The van der Waals surface area contributed by atoms with E-state index in [1.807, 2.05) is 17.0 Å². The van der Waals surface area contributed by atoms with Gasteiger partial charge in [-0.05, 0) is 25.0 Å². The Morgan fingerprint density at radius 1 is 1.30 bits per heavy atom. The van der Waals surface area contributed by atoms with Gasteiger partial charge in [-0.25, -0.2) is 0 Å².